The molecule has 1 heterocycles. The highest BCUT2D eigenvalue weighted by Crippen LogP contribution is 2.31. The van der Waals surface area contributed by atoms with Crippen LogP contribution in [0.1, 0.15) is 17.3 Å². The van der Waals surface area contributed by atoms with Gasteiger partial charge in [0, 0.05) is 30.8 Å². The Bertz CT molecular complexity index is 891. The summed E-state index contributed by atoms with van der Waals surface area (Å²) in [5.41, 5.74) is 3.79. The van der Waals surface area contributed by atoms with E-state index in [-0.39, 0.29) is 36.0 Å². The number of carbonyl (C=O) groups excluding carboxylic acids is 1. The summed E-state index contributed by atoms with van der Waals surface area (Å²) >= 11 is 0. The molecule has 2 rings (SSSR count). The predicted molar refractivity (Wildman–Crippen MR) is 97.8 cm³/mol. The number of hydrogen-bond donors (Lipinski definition) is 3. The summed E-state index contributed by atoms with van der Waals surface area (Å²) in [6, 6.07) is 4.99. The van der Waals surface area contributed by atoms with Gasteiger partial charge in [0.05, 0.1) is 16.5 Å². The minimum atomic E-state index is -0.749. The SMILES string of the molecule is CCN(CCO)c1ncnc(NNC(=O)c2cccc([N+](=O)[O-])c2)c1[N+](=O)[O-]. The van der Waals surface area contributed by atoms with Crippen LogP contribution in [0.5, 0.6) is 0 Å². The molecule has 0 saturated heterocycles. The first-order chi connectivity index (χ1) is 13.4. The number of rotatable bonds is 9. The Kier molecular flexibility index (Phi) is 6.70. The van der Waals surface area contributed by atoms with Gasteiger partial charge in [0.15, 0.2) is 0 Å². The van der Waals surface area contributed by atoms with Gasteiger partial charge in [0.25, 0.3) is 11.6 Å². The molecule has 13 nitrogen and oxygen atoms in total. The number of anilines is 2. The van der Waals surface area contributed by atoms with Gasteiger partial charge in [-0.2, -0.15) is 0 Å². The summed E-state index contributed by atoms with van der Waals surface area (Å²) in [7, 11) is 0. The molecule has 28 heavy (non-hydrogen) atoms. The summed E-state index contributed by atoms with van der Waals surface area (Å²) in [5, 5.41) is 31.4. The standard InChI is InChI=1S/C15H17N7O6/c1-2-20(6-7-23)14-12(22(27)28)13(16-9-17-14)18-19-15(24)10-4-3-5-11(8-10)21(25)26/h3-5,8-9,23H,2,6-7H2,1H3,(H,19,24)(H,16,17,18). The molecule has 13 heteroatoms. The molecule has 0 atom stereocenters. The zero-order valence-electron chi connectivity index (χ0n) is 14.7. The molecule has 0 bridgehead atoms. The number of nitro benzene ring substituents is 1. The van der Waals surface area contributed by atoms with Crippen LogP contribution in [0.3, 0.4) is 0 Å². The van der Waals surface area contributed by atoms with Gasteiger partial charge in [-0.25, -0.2) is 9.97 Å². The molecule has 0 spiro atoms. The molecule has 1 amide bonds. The average Bonchev–Trinajstić information content (AvgIpc) is 2.69. The number of hydrogen-bond acceptors (Lipinski definition) is 10. The maximum Gasteiger partial charge on any atom is 0.355 e. The van der Waals surface area contributed by atoms with Crippen LogP contribution in [0.2, 0.25) is 0 Å². The third-order valence-electron chi connectivity index (χ3n) is 3.65. The first-order valence-electron chi connectivity index (χ1n) is 8.05. The minimum Gasteiger partial charge on any atom is -0.395 e. The van der Waals surface area contributed by atoms with Crippen LogP contribution in [0.25, 0.3) is 0 Å². The van der Waals surface area contributed by atoms with Gasteiger partial charge in [-0.15, -0.1) is 0 Å². The van der Waals surface area contributed by atoms with Crippen molar-refractivity contribution in [2.45, 2.75) is 6.92 Å². The topological polar surface area (TPSA) is 177 Å². The van der Waals surface area contributed by atoms with Crippen molar-refractivity contribution >= 4 is 28.9 Å². The van der Waals surface area contributed by atoms with Crippen LogP contribution in [0.15, 0.2) is 30.6 Å². The zero-order valence-corrected chi connectivity index (χ0v) is 14.7. The summed E-state index contributed by atoms with van der Waals surface area (Å²) < 4.78 is 0. The number of nitrogens with zero attached hydrogens (tertiary/aromatic N) is 5. The number of hydrazine groups is 1. The van der Waals surface area contributed by atoms with Crippen molar-refractivity contribution in [3.8, 4) is 0 Å². The lowest BCUT2D eigenvalue weighted by Gasteiger charge is -2.20. The molecule has 3 N–H and O–H groups in total. The molecule has 148 valence electrons. The second kappa shape index (κ2) is 9.18. The number of carbonyl (C=O) groups is 1. The van der Waals surface area contributed by atoms with Gasteiger partial charge in [-0.1, -0.05) is 6.07 Å². The Hall–Kier alpha value is -3.87. The Labute approximate surface area is 158 Å². The monoisotopic (exact) mass is 391 g/mol. The smallest absolute Gasteiger partial charge is 0.355 e. The number of amides is 1. The summed E-state index contributed by atoms with van der Waals surface area (Å²) in [4.78, 5) is 42.3. The van der Waals surface area contributed by atoms with Crippen molar-refractivity contribution in [2.24, 2.45) is 0 Å². The van der Waals surface area contributed by atoms with Crippen LogP contribution >= 0.6 is 0 Å². The van der Waals surface area contributed by atoms with E-state index in [2.05, 4.69) is 20.8 Å². The highest BCUT2D eigenvalue weighted by atomic mass is 16.6. The normalized spacial score (nSPS) is 10.2. The van der Waals surface area contributed by atoms with Crippen molar-refractivity contribution < 1.29 is 19.7 Å². The molecular weight excluding hydrogens is 374 g/mol. The lowest BCUT2D eigenvalue weighted by molar-refractivity contribution is -0.384. The maximum absolute atomic E-state index is 12.2. The van der Waals surface area contributed by atoms with Gasteiger partial charge in [0.1, 0.15) is 6.33 Å². The number of aliphatic hydroxyl groups is 1. The van der Waals surface area contributed by atoms with E-state index in [1.165, 1.54) is 23.1 Å². The highest BCUT2D eigenvalue weighted by molar-refractivity contribution is 5.95. The molecule has 0 aliphatic rings. The lowest BCUT2D eigenvalue weighted by Crippen LogP contribution is -2.32. The minimum absolute atomic E-state index is 0.0194. The number of likely N-dealkylation sites (N-methyl/N-ethyl adjacent to an activating group) is 1. The number of aliphatic hydroxyl groups excluding tert-OH is 1. The summed E-state index contributed by atoms with van der Waals surface area (Å²) in [6.07, 6.45) is 1.07. The fourth-order valence-electron chi connectivity index (χ4n) is 2.34. The van der Waals surface area contributed by atoms with Crippen molar-refractivity contribution in [3.05, 3.63) is 56.4 Å². The Morgan fingerprint density at radius 3 is 2.61 bits per heavy atom. The molecule has 2 aromatic rings. The van der Waals surface area contributed by atoms with E-state index in [0.717, 1.165) is 12.4 Å². The van der Waals surface area contributed by atoms with Crippen molar-refractivity contribution in [1.82, 2.24) is 15.4 Å². The Morgan fingerprint density at radius 2 is 2.00 bits per heavy atom. The number of non-ortho nitro benzene ring substituents is 1. The van der Waals surface area contributed by atoms with Crippen LogP contribution in [0, 0.1) is 20.2 Å². The molecule has 1 aromatic carbocycles. The number of nitro groups is 2. The highest BCUT2D eigenvalue weighted by Gasteiger charge is 2.26. The lowest BCUT2D eigenvalue weighted by atomic mass is 10.2. The van der Waals surface area contributed by atoms with Gasteiger partial charge in [-0.3, -0.25) is 35.9 Å². The van der Waals surface area contributed by atoms with Crippen molar-refractivity contribution in [3.63, 3.8) is 0 Å². The molecule has 0 fully saturated rings. The first kappa shape index (κ1) is 20.4. The second-order valence-corrected chi connectivity index (χ2v) is 5.34. The number of aromatic nitrogens is 2. The van der Waals surface area contributed by atoms with E-state index in [1.807, 2.05) is 0 Å². The van der Waals surface area contributed by atoms with Gasteiger partial charge < -0.3 is 10.0 Å². The molecule has 0 unspecified atom stereocenters. The van der Waals surface area contributed by atoms with E-state index in [9.17, 15) is 25.0 Å². The third-order valence-corrected chi connectivity index (χ3v) is 3.65. The summed E-state index contributed by atoms with van der Waals surface area (Å²) in [6.45, 7) is 1.96. The molecule has 1 aromatic heterocycles. The van der Waals surface area contributed by atoms with E-state index < -0.39 is 21.4 Å². The molecule has 0 aliphatic carbocycles. The fraction of sp³-hybridized carbons (Fsp3) is 0.267. The average molecular weight is 391 g/mol. The Balaban J connectivity index is 2.26. The third kappa shape index (κ3) is 4.64. The Morgan fingerprint density at radius 1 is 1.25 bits per heavy atom. The van der Waals surface area contributed by atoms with E-state index >= 15 is 0 Å². The van der Waals surface area contributed by atoms with E-state index in [1.54, 1.807) is 6.92 Å². The van der Waals surface area contributed by atoms with Crippen molar-refractivity contribution in [2.75, 3.05) is 30.0 Å². The van der Waals surface area contributed by atoms with Gasteiger partial charge in [-0.05, 0) is 13.0 Å². The van der Waals surface area contributed by atoms with E-state index in [0.29, 0.717) is 6.54 Å². The molecule has 0 radical (unpaired) electrons. The van der Waals surface area contributed by atoms with Crippen LogP contribution in [0.4, 0.5) is 23.0 Å². The predicted octanol–water partition coefficient (Wildman–Crippen LogP) is 0.868. The van der Waals surface area contributed by atoms with Crippen LogP contribution < -0.4 is 15.8 Å². The van der Waals surface area contributed by atoms with Crippen molar-refractivity contribution in [1.29, 1.82) is 0 Å². The maximum atomic E-state index is 12.2. The largest absolute Gasteiger partial charge is 0.395 e. The fourth-order valence-corrected chi connectivity index (χ4v) is 2.34. The van der Waals surface area contributed by atoms with E-state index in [4.69, 9.17) is 5.11 Å². The first-order valence-corrected chi connectivity index (χ1v) is 8.05. The number of nitrogens with one attached hydrogen (secondary N) is 2. The quantitative estimate of drug-likeness (QED) is 0.410. The number of benzene rings is 1. The van der Waals surface area contributed by atoms with Crippen LogP contribution in [-0.2, 0) is 0 Å². The molecule has 0 aliphatic heterocycles. The van der Waals surface area contributed by atoms with Gasteiger partial charge in [0.2, 0.25) is 11.6 Å². The summed E-state index contributed by atoms with van der Waals surface area (Å²) in [5.74, 6) is -1.05. The zero-order chi connectivity index (χ0) is 20.7. The van der Waals surface area contributed by atoms with Gasteiger partial charge >= 0.3 is 5.69 Å². The molecule has 0 saturated carbocycles. The molecular formula is C15H17N7O6. The second-order valence-electron chi connectivity index (χ2n) is 5.34. The van der Waals surface area contributed by atoms with Crippen LogP contribution in [-0.4, -0.2) is 50.5 Å².